The predicted octanol–water partition coefficient (Wildman–Crippen LogP) is 5.27. The molecule has 0 aliphatic carbocycles. The molecule has 1 nitrogen and oxygen atoms in total. The summed E-state index contributed by atoms with van der Waals surface area (Å²) < 4.78 is 14.8. The fourth-order valence-electron chi connectivity index (χ4n) is 1.68. The highest BCUT2D eigenvalue weighted by Gasteiger charge is 2.03. The minimum Gasteiger partial charge on any atom is -0.381 e. The van der Waals surface area contributed by atoms with Crippen LogP contribution in [0, 0.1) is 12.7 Å². The maximum absolute atomic E-state index is 13.0. The molecule has 0 amide bonds. The van der Waals surface area contributed by atoms with Crippen molar-refractivity contribution in [1.82, 2.24) is 0 Å². The molecule has 0 bridgehead atoms. The second kappa shape index (κ2) is 5.85. The number of nitrogens with one attached hydrogen (secondary N) is 1. The molecule has 0 radical (unpaired) electrons. The molecule has 0 spiro atoms. The van der Waals surface area contributed by atoms with Crippen molar-refractivity contribution < 1.29 is 4.39 Å². The van der Waals surface area contributed by atoms with E-state index in [1.807, 2.05) is 19.1 Å². The summed E-state index contributed by atoms with van der Waals surface area (Å²) in [6.45, 7) is 2.70. The number of rotatable bonds is 3. The molecule has 2 aromatic carbocycles. The molecule has 0 aromatic heterocycles. The Balaban J connectivity index is 2.11. The maximum Gasteiger partial charge on any atom is 0.124 e. The van der Waals surface area contributed by atoms with Gasteiger partial charge in [0.15, 0.2) is 0 Å². The van der Waals surface area contributed by atoms with Crippen molar-refractivity contribution in [2.75, 3.05) is 5.32 Å². The van der Waals surface area contributed by atoms with Gasteiger partial charge in [0.2, 0.25) is 0 Å². The summed E-state index contributed by atoms with van der Waals surface area (Å²) in [5.74, 6) is -0.231. The molecule has 0 saturated carbocycles. The van der Waals surface area contributed by atoms with Crippen LogP contribution in [0.1, 0.15) is 11.1 Å². The molecule has 0 unspecified atom stereocenters. The van der Waals surface area contributed by atoms with Gasteiger partial charge in [-0.1, -0.05) is 37.9 Å². The SMILES string of the molecule is Cc1cc(Br)ccc1NCc1ccc(F)cc1Br. The van der Waals surface area contributed by atoms with E-state index in [1.165, 1.54) is 17.7 Å². The van der Waals surface area contributed by atoms with Gasteiger partial charge in [0, 0.05) is 21.2 Å². The van der Waals surface area contributed by atoms with Crippen LogP contribution < -0.4 is 5.32 Å². The van der Waals surface area contributed by atoms with Crippen molar-refractivity contribution in [2.45, 2.75) is 13.5 Å². The summed E-state index contributed by atoms with van der Waals surface area (Å²) in [5.41, 5.74) is 3.27. The highest BCUT2D eigenvalue weighted by molar-refractivity contribution is 9.10. The van der Waals surface area contributed by atoms with Gasteiger partial charge in [0.05, 0.1) is 0 Å². The molecule has 0 fully saturated rings. The van der Waals surface area contributed by atoms with Gasteiger partial charge in [-0.25, -0.2) is 4.39 Å². The largest absolute Gasteiger partial charge is 0.381 e. The van der Waals surface area contributed by atoms with Crippen LogP contribution in [-0.4, -0.2) is 0 Å². The first-order chi connectivity index (χ1) is 8.56. The van der Waals surface area contributed by atoms with Gasteiger partial charge in [-0.05, 0) is 48.4 Å². The highest BCUT2D eigenvalue weighted by atomic mass is 79.9. The third-order valence-corrected chi connectivity index (χ3v) is 3.90. The van der Waals surface area contributed by atoms with E-state index in [2.05, 4.69) is 43.2 Å². The van der Waals surface area contributed by atoms with E-state index >= 15 is 0 Å². The van der Waals surface area contributed by atoms with Crippen molar-refractivity contribution in [1.29, 1.82) is 0 Å². The minimum atomic E-state index is -0.231. The first kappa shape index (κ1) is 13.6. The van der Waals surface area contributed by atoms with Crippen molar-refractivity contribution in [3.8, 4) is 0 Å². The maximum atomic E-state index is 13.0. The number of benzene rings is 2. The fraction of sp³-hybridized carbons (Fsp3) is 0.143. The van der Waals surface area contributed by atoms with E-state index in [0.29, 0.717) is 6.54 Å². The molecule has 94 valence electrons. The molecule has 2 aromatic rings. The van der Waals surface area contributed by atoms with Gasteiger partial charge in [-0.15, -0.1) is 0 Å². The third kappa shape index (κ3) is 3.33. The Morgan fingerprint density at radius 3 is 2.56 bits per heavy atom. The number of aryl methyl sites for hydroxylation is 1. The molecule has 0 atom stereocenters. The van der Waals surface area contributed by atoms with E-state index in [1.54, 1.807) is 6.07 Å². The summed E-state index contributed by atoms with van der Waals surface area (Å²) in [6.07, 6.45) is 0. The summed E-state index contributed by atoms with van der Waals surface area (Å²) in [5, 5.41) is 3.34. The molecule has 18 heavy (non-hydrogen) atoms. The Labute approximate surface area is 123 Å². The van der Waals surface area contributed by atoms with Crippen molar-refractivity contribution >= 4 is 37.5 Å². The van der Waals surface area contributed by atoms with Crippen molar-refractivity contribution in [2.24, 2.45) is 0 Å². The van der Waals surface area contributed by atoms with Gasteiger partial charge in [0.1, 0.15) is 5.82 Å². The third-order valence-electron chi connectivity index (χ3n) is 2.67. The van der Waals surface area contributed by atoms with E-state index in [9.17, 15) is 4.39 Å². The number of halogens is 3. The van der Waals surface area contributed by atoms with E-state index < -0.39 is 0 Å². The van der Waals surface area contributed by atoms with E-state index in [4.69, 9.17) is 0 Å². The van der Waals surface area contributed by atoms with Gasteiger partial charge < -0.3 is 5.32 Å². The van der Waals surface area contributed by atoms with Crippen LogP contribution in [0.15, 0.2) is 45.3 Å². The quantitative estimate of drug-likeness (QED) is 0.773. The molecule has 0 aliphatic heterocycles. The average Bonchev–Trinajstić information content (AvgIpc) is 2.30. The van der Waals surface area contributed by atoms with E-state index in [0.717, 1.165) is 20.2 Å². The molecule has 4 heteroatoms. The molecule has 1 N–H and O–H groups in total. The van der Waals surface area contributed by atoms with Crippen LogP contribution in [0.25, 0.3) is 0 Å². The molecule has 0 aliphatic rings. The highest BCUT2D eigenvalue weighted by Crippen LogP contribution is 2.23. The molecular weight excluding hydrogens is 361 g/mol. The number of anilines is 1. The van der Waals surface area contributed by atoms with Crippen LogP contribution in [0.5, 0.6) is 0 Å². The minimum absolute atomic E-state index is 0.231. The van der Waals surface area contributed by atoms with Crippen LogP contribution in [0.2, 0.25) is 0 Å². The molecule has 0 saturated heterocycles. The van der Waals surface area contributed by atoms with Crippen LogP contribution in [0.3, 0.4) is 0 Å². The fourth-order valence-corrected chi connectivity index (χ4v) is 2.65. The van der Waals surface area contributed by atoms with Gasteiger partial charge in [-0.2, -0.15) is 0 Å². The van der Waals surface area contributed by atoms with Gasteiger partial charge >= 0.3 is 0 Å². The predicted molar refractivity (Wildman–Crippen MR) is 80.3 cm³/mol. The number of hydrogen-bond acceptors (Lipinski definition) is 1. The zero-order valence-corrected chi connectivity index (χ0v) is 13.0. The zero-order chi connectivity index (χ0) is 13.1. The van der Waals surface area contributed by atoms with Crippen molar-refractivity contribution in [3.05, 3.63) is 62.3 Å². The standard InChI is InChI=1S/C14H12Br2FN/c1-9-6-11(15)3-5-14(9)18-8-10-2-4-12(17)7-13(10)16/h2-7,18H,8H2,1H3. The molecular formula is C14H12Br2FN. The normalized spacial score (nSPS) is 10.4. The monoisotopic (exact) mass is 371 g/mol. The van der Waals surface area contributed by atoms with Gasteiger partial charge in [-0.3, -0.25) is 0 Å². The Hall–Kier alpha value is -0.870. The van der Waals surface area contributed by atoms with E-state index in [-0.39, 0.29) is 5.82 Å². The summed E-state index contributed by atoms with van der Waals surface area (Å²) in [7, 11) is 0. The second-order valence-corrected chi connectivity index (χ2v) is 5.82. The first-order valence-corrected chi connectivity index (χ1v) is 7.09. The Kier molecular flexibility index (Phi) is 4.40. The van der Waals surface area contributed by atoms with Crippen LogP contribution >= 0.6 is 31.9 Å². The Morgan fingerprint density at radius 1 is 1.11 bits per heavy atom. The lowest BCUT2D eigenvalue weighted by Crippen LogP contribution is -2.01. The summed E-state index contributed by atoms with van der Waals surface area (Å²) in [6, 6.07) is 10.8. The lowest BCUT2D eigenvalue weighted by atomic mass is 10.2. The topological polar surface area (TPSA) is 12.0 Å². The lowest BCUT2D eigenvalue weighted by molar-refractivity contribution is 0.626. The Morgan fingerprint density at radius 2 is 1.89 bits per heavy atom. The van der Waals surface area contributed by atoms with Gasteiger partial charge in [0.25, 0.3) is 0 Å². The average molecular weight is 373 g/mol. The first-order valence-electron chi connectivity index (χ1n) is 5.50. The smallest absolute Gasteiger partial charge is 0.124 e. The lowest BCUT2D eigenvalue weighted by Gasteiger charge is -2.11. The zero-order valence-electron chi connectivity index (χ0n) is 9.81. The Bertz CT molecular complexity index is 518. The summed E-state index contributed by atoms with van der Waals surface area (Å²) >= 11 is 6.80. The van der Waals surface area contributed by atoms with Crippen molar-refractivity contribution in [3.63, 3.8) is 0 Å². The number of hydrogen-bond donors (Lipinski definition) is 1. The molecule has 0 heterocycles. The van der Waals surface area contributed by atoms with Crippen LogP contribution in [0.4, 0.5) is 10.1 Å². The molecule has 2 rings (SSSR count). The summed E-state index contributed by atoms with van der Waals surface area (Å²) in [4.78, 5) is 0. The van der Waals surface area contributed by atoms with Crippen LogP contribution in [-0.2, 0) is 6.54 Å². The second-order valence-electron chi connectivity index (χ2n) is 4.05.